The molecule has 0 aliphatic rings. The van der Waals surface area contributed by atoms with Crippen LogP contribution in [0, 0.1) is 6.92 Å². The Labute approximate surface area is 133 Å². The zero-order valence-corrected chi connectivity index (χ0v) is 13.1. The first kappa shape index (κ1) is 16.5. The van der Waals surface area contributed by atoms with Crippen molar-refractivity contribution in [3.05, 3.63) is 46.8 Å². The van der Waals surface area contributed by atoms with Gasteiger partial charge in [0.25, 0.3) is 0 Å². The summed E-state index contributed by atoms with van der Waals surface area (Å²) in [6, 6.07) is 6.55. The number of nitrogens with zero attached hydrogens (tertiary/aromatic N) is 1. The third-order valence-corrected chi connectivity index (χ3v) is 3.40. The highest BCUT2D eigenvalue weighted by Gasteiger charge is 2.25. The summed E-state index contributed by atoms with van der Waals surface area (Å²) in [5.41, 5.74) is 1.09. The van der Waals surface area contributed by atoms with E-state index in [9.17, 15) is 14.7 Å². The summed E-state index contributed by atoms with van der Waals surface area (Å²) in [6.07, 6.45) is 0.170. The number of methoxy groups -OCH3 is 1. The average molecular weight is 318 g/mol. The number of aromatic nitrogens is 1. The molecule has 122 valence electrons. The van der Waals surface area contributed by atoms with Gasteiger partial charge in [0.2, 0.25) is 5.91 Å². The third kappa shape index (κ3) is 3.88. The molecule has 0 aliphatic heterocycles. The van der Waals surface area contributed by atoms with Gasteiger partial charge in [0.05, 0.1) is 25.3 Å². The minimum absolute atomic E-state index is 0.0118. The third-order valence-electron chi connectivity index (χ3n) is 3.40. The normalized spacial score (nSPS) is 11.8. The monoisotopic (exact) mass is 318 g/mol. The van der Waals surface area contributed by atoms with Crippen LogP contribution in [0.1, 0.15) is 40.3 Å². The van der Waals surface area contributed by atoms with E-state index in [0.717, 1.165) is 5.56 Å². The smallest absolute Gasteiger partial charge is 0.341 e. The van der Waals surface area contributed by atoms with E-state index in [1.165, 1.54) is 0 Å². The molecule has 0 aliphatic carbocycles. The maximum atomic E-state index is 12.1. The van der Waals surface area contributed by atoms with Gasteiger partial charge in [-0.1, -0.05) is 17.3 Å². The maximum absolute atomic E-state index is 12.1. The maximum Gasteiger partial charge on any atom is 0.341 e. The van der Waals surface area contributed by atoms with Crippen LogP contribution >= 0.6 is 0 Å². The van der Waals surface area contributed by atoms with E-state index in [4.69, 9.17) is 9.26 Å². The van der Waals surface area contributed by atoms with Gasteiger partial charge < -0.3 is 19.7 Å². The molecule has 1 aromatic heterocycles. The zero-order chi connectivity index (χ0) is 17.0. The topological polar surface area (TPSA) is 102 Å². The molecular formula is C16H18N2O5. The molecule has 0 unspecified atom stereocenters. The lowest BCUT2D eigenvalue weighted by Gasteiger charge is -2.12. The fourth-order valence-electron chi connectivity index (χ4n) is 2.23. The second-order valence-corrected chi connectivity index (χ2v) is 5.13. The lowest BCUT2D eigenvalue weighted by atomic mass is 10.1. The molecule has 1 heterocycles. The number of hydrogen-bond acceptors (Lipinski definition) is 5. The molecule has 1 amide bonds. The van der Waals surface area contributed by atoms with Gasteiger partial charge in [-0.15, -0.1) is 0 Å². The van der Waals surface area contributed by atoms with Gasteiger partial charge in [-0.05, 0) is 31.5 Å². The summed E-state index contributed by atoms with van der Waals surface area (Å²) >= 11 is 0. The summed E-state index contributed by atoms with van der Waals surface area (Å²) in [7, 11) is 1.57. The second kappa shape index (κ2) is 6.95. The molecule has 0 bridgehead atoms. The number of carboxylic acid groups (broad SMARTS) is 1. The van der Waals surface area contributed by atoms with Gasteiger partial charge in [-0.25, -0.2) is 4.79 Å². The minimum atomic E-state index is -1.13. The molecule has 1 aromatic carbocycles. The highest BCUT2D eigenvalue weighted by molar-refractivity contribution is 5.90. The van der Waals surface area contributed by atoms with Crippen LogP contribution in [0.5, 0.6) is 5.75 Å². The van der Waals surface area contributed by atoms with Gasteiger partial charge in [-0.2, -0.15) is 0 Å². The van der Waals surface area contributed by atoms with Crippen LogP contribution < -0.4 is 10.1 Å². The van der Waals surface area contributed by atoms with Crippen molar-refractivity contribution in [1.82, 2.24) is 10.5 Å². The van der Waals surface area contributed by atoms with E-state index in [2.05, 4.69) is 10.5 Å². The van der Waals surface area contributed by atoms with Crippen LogP contribution in [0.3, 0.4) is 0 Å². The van der Waals surface area contributed by atoms with Crippen molar-refractivity contribution in [2.24, 2.45) is 0 Å². The van der Waals surface area contributed by atoms with Crippen LogP contribution in [0.25, 0.3) is 0 Å². The number of carbonyl (C=O) groups is 2. The van der Waals surface area contributed by atoms with E-state index in [1.807, 2.05) is 0 Å². The Morgan fingerprint density at radius 2 is 2.00 bits per heavy atom. The fraction of sp³-hybridized carbons (Fsp3) is 0.312. The molecular weight excluding hydrogens is 300 g/mol. The van der Waals surface area contributed by atoms with Gasteiger partial charge >= 0.3 is 5.97 Å². The Morgan fingerprint density at radius 3 is 2.57 bits per heavy atom. The Bertz CT molecular complexity index is 706. The number of aromatic carboxylic acids is 1. The number of rotatable bonds is 6. The van der Waals surface area contributed by atoms with E-state index >= 15 is 0 Å². The van der Waals surface area contributed by atoms with Crippen LogP contribution in [0.15, 0.2) is 28.8 Å². The minimum Gasteiger partial charge on any atom is -0.497 e. The number of amides is 1. The highest BCUT2D eigenvalue weighted by atomic mass is 16.5. The predicted molar refractivity (Wildman–Crippen MR) is 81.5 cm³/mol. The van der Waals surface area contributed by atoms with Gasteiger partial charge in [-0.3, -0.25) is 4.79 Å². The average Bonchev–Trinajstić information content (AvgIpc) is 2.90. The SMILES string of the molecule is COc1ccc(CC(=O)N[C@H](C)c2onc(C)c2C(=O)O)cc1. The second-order valence-electron chi connectivity index (χ2n) is 5.13. The van der Waals surface area contributed by atoms with E-state index < -0.39 is 12.0 Å². The molecule has 0 spiro atoms. The molecule has 2 aromatic rings. The Balaban J connectivity index is 2.03. The first-order chi connectivity index (χ1) is 10.9. The standard InChI is InChI=1S/C16H18N2O5/c1-9-14(16(20)21)15(23-18-9)10(2)17-13(19)8-11-4-6-12(22-3)7-5-11/h4-7,10H,8H2,1-3H3,(H,17,19)(H,20,21)/t10-/m1/s1. The number of aryl methyl sites for hydroxylation is 1. The largest absolute Gasteiger partial charge is 0.497 e. The van der Waals surface area contributed by atoms with Crippen molar-refractivity contribution in [2.45, 2.75) is 26.3 Å². The van der Waals surface area contributed by atoms with E-state index in [0.29, 0.717) is 5.75 Å². The number of carboxylic acids is 1. The summed E-state index contributed by atoms with van der Waals surface area (Å²) in [5, 5.41) is 15.5. The molecule has 0 saturated carbocycles. The quantitative estimate of drug-likeness (QED) is 0.846. The first-order valence-electron chi connectivity index (χ1n) is 7.04. The van der Waals surface area contributed by atoms with Gasteiger partial charge in [0, 0.05) is 0 Å². The Hall–Kier alpha value is -2.83. The number of ether oxygens (including phenoxy) is 1. The number of hydrogen-bond donors (Lipinski definition) is 2. The molecule has 0 saturated heterocycles. The summed E-state index contributed by atoms with van der Waals surface area (Å²) < 4.78 is 10.1. The summed E-state index contributed by atoms with van der Waals surface area (Å²) in [6.45, 7) is 3.20. The van der Waals surface area contributed by atoms with Crippen LogP contribution in [-0.2, 0) is 11.2 Å². The highest BCUT2D eigenvalue weighted by Crippen LogP contribution is 2.21. The molecule has 7 nitrogen and oxygen atoms in total. The lowest BCUT2D eigenvalue weighted by molar-refractivity contribution is -0.121. The molecule has 23 heavy (non-hydrogen) atoms. The van der Waals surface area contributed by atoms with Crippen molar-refractivity contribution >= 4 is 11.9 Å². The van der Waals surface area contributed by atoms with Crippen molar-refractivity contribution in [2.75, 3.05) is 7.11 Å². The first-order valence-corrected chi connectivity index (χ1v) is 7.04. The van der Waals surface area contributed by atoms with Crippen LogP contribution in [0.4, 0.5) is 0 Å². The predicted octanol–water partition coefficient (Wildman–Crippen LogP) is 2.11. The molecule has 2 N–H and O–H groups in total. The molecule has 1 atom stereocenters. The molecule has 0 fully saturated rings. The Morgan fingerprint density at radius 1 is 1.35 bits per heavy atom. The molecule has 0 radical (unpaired) electrons. The summed E-state index contributed by atoms with van der Waals surface area (Å²) in [5.74, 6) is -0.521. The lowest BCUT2D eigenvalue weighted by Crippen LogP contribution is -2.28. The molecule has 7 heteroatoms. The molecule has 2 rings (SSSR count). The van der Waals surface area contributed by atoms with Crippen LogP contribution in [0.2, 0.25) is 0 Å². The fourth-order valence-corrected chi connectivity index (χ4v) is 2.23. The zero-order valence-electron chi connectivity index (χ0n) is 13.1. The van der Waals surface area contributed by atoms with Crippen molar-refractivity contribution in [3.8, 4) is 5.75 Å². The van der Waals surface area contributed by atoms with Crippen molar-refractivity contribution in [1.29, 1.82) is 0 Å². The number of carbonyl (C=O) groups excluding carboxylic acids is 1. The van der Waals surface area contributed by atoms with E-state index in [-0.39, 0.29) is 29.3 Å². The van der Waals surface area contributed by atoms with Crippen LogP contribution in [-0.4, -0.2) is 29.2 Å². The number of nitrogens with one attached hydrogen (secondary N) is 1. The van der Waals surface area contributed by atoms with Crippen molar-refractivity contribution in [3.63, 3.8) is 0 Å². The van der Waals surface area contributed by atoms with Crippen molar-refractivity contribution < 1.29 is 24.0 Å². The van der Waals surface area contributed by atoms with E-state index in [1.54, 1.807) is 45.2 Å². The summed E-state index contributed by atoms with van der Waals surface area (Å²) in [4.78, 5) is 23.3. The Kier molecular flexibility index (Phi) is 5.00. The number of benzene rings is 1. The van der Waals surface area contributed by atoms with Gasteiger partial charge in [0.1, 0.15) is 11.3 Å². The van der Waals surface area contributed by atoms with Gasteiger partial charge in [0.15, 0.2) is 5.76 Å².